The highest BCUT2D eigenvalue weighted by atomic mass is 79.9. The summed E-state index contributed by atoms with van der Waals surface area (Å²) >= 11 is 9.37. The maximum atomic E-state index is 5.95. The number of hydrogen-bond donors (Lipinski definition) is 1. The maximum Gasteiger partial charge on any atom is 0.143 e. The zero-order valence-electron chi connectivity index (χ0n) is 12.2. The van der Waals surface area contributed by atoms with Crippen molar-refractivity contribution in [1.82, 2.24) is 4.98 Å². The van der Waals surface area contributed by atoms with Crippen LogP contribution in [0.15, 0.2) is 47.1 Å². The Bertz CT molecular complexity index is 560. The lowest BCUT2D eigenvalue weighted by Crippen LogP contribution is -2.11. The molecule has 0 aliphatic rings. The zero-order chi connectivity index (χ0) is 15.1. The summed E-state index contributed by atoms with van der Waals surface area (Å²) in [5.74, 6) is 0. The first-order valence-corrected chi connectivity index (χ1v) is 8.50. The Balaban J connectivity index is 2.13. The van der Waals surface area contributed by atoms with Crippen molar-refractivity contribution in [2.45, 2.75) is 38.6 Å². The van der Waals surface area contributed by atoms with Crippen LogP contribution in [0.2, 0.25) is 5.15 Å². The van der Waals surface area contributed by atoms with Crippen molar-refractivity contribution >= 4 is 33.2 Å². The van der Waals surface area contributed by atoms with Gasteiger partial charge in [-0.1, -0.05) is 68.1 Å². The first-order chi connectivity index (χ1) is 10.2. The first kappa shape index (κ1) is 16.3. The second kappa shape index (κ2) is 8.40. The van der Waals surface area contributed by atoms with E-state index in [0.29, 0.717) is 11.2 Å². The zero-order valence-corrected chi connectivity index (χ0v) is 14.5. The van der Waals surface area contributed by atoms with Crippen LogP contribution in [0.5, 0.6) is 0 Å². The summed E-state index contributed by atoms with van der Waals surface area (Å²) in [6.45, 7) is 2.23. The second-order valence-corrected chi connectivity index (χ2v) is 6.31. The Morgan fingerprint density at radius 2 is 2.00 bits per heavy atom. The van der Waals surface area contributed by atoms with Crippen LogP contribution in [0.3, 0.4) is 0 Å². The summed E-state index contributed by atoms with van der Waals surface area (Å²) < 4.78 is 0.814. The fraction of sp³-hybridized carbons (Fsp3) is 0.353. The lowest BCUT2D eigenvalue weighted by atomic mass is 10.0. The number of benzene rings is 1. The van der Waals surface area contributed by atoms with Gasteiger partial charge in [-0.15, -0.1) is 0 Å². The minimum Gasteiger partial charge on any atom is -0.377 e. The molecule has 2 aromatic rings. The third-order valence-electron chi connectivity index (χ3n) is 3.44. The van der Waals surface area contributed by atoms with Crippen molar-refractivity contribution in [2.24, 2.45) is 0 Å². The molecule has 1 unspecified atom stereocenters. The summed E-state index contributed by atoms with van der Waals surface area (Å²) in [5.41, 5.74) is 2.29. The van der Waals surface area contributed by atoms with Gasteiger partial charge in [0.2, 0.25) is 0 Å². The van der Waals surface area contributed by atoms with E-state index in [0.717, 1.165) is 16.6 Å². The molecule has 1 aromatic carbocycles. The van der Waals surface area contributed by atoms with Crippen LogP contribution in [0, 0.1) is 0 Å². The molecule has 0 fully saturated rings. The molecule has 1 heterocycles. The van der Waals surface area contributed by atoms with Gasteiger partial charge in [0.15, 0.2) is 0 Å². The minimum atomic E-state index is 0.299. The van der Waals surface area contributed by atoms with Gasteiger partial charge in [-0.05, 0) is 34.0 Å². The maximum absolute atomic E-state index is 5.95. The number of halogens is 2. The standard InChI is InChI=1S/C17H20BrClN2/c1-2-3-5-10-16(13-8-6-4-7-9-13)21-14-11-15(18)17(19)20-12-14/h4,6-9,11-12,16,21H,2-3,5,10H2,1H3. The number of unbranched alkanes of at least 4 members (excludes halogenated alkanes) is 2. The van der Waals surface area contributed by atoms with Gasteiger partial charge >= 0.3 is 0 Å². The molecule has 0 radical (unpaired) electrons. The third-order valence-corrected chi connectivity index (χ3v) is 4.57. The molecule has 112 valence electrons. The molecule has 1 atom stereocenters. The molecule has 0 saturated heterocycles. The van der Waals surface area contributed by atoms with Gasteiger partial charge in [-0.25, -0.2) is 4.98 Å². The average Bonchev–Trinajstić information content (AvgIpc) is 2.51. The molecule has 0 saturated carbocycles. The first-order valence-electron chi connectivity index (χ1n) is 7.33. The smallest absolute Gasteiger partial charge is 0.143 e. The highest BCUT2D eigenvalue weighted by Crippen LogP contribution is 2.28. The predicted octanol–water partition coefficient (Wildman–Crippen LogP) is 6.23. The normalized spacial score (nSPS) is 12.1. The number of hydrogen-bond acceptors (Lipinski definition) is 2. The molecule has 0 amide bonds. The fourth-order valence-electron chi connectivity index (χ4n) is 2.31. The number of nitrogens with zero attached hydrogens (tertiary/aromatic N) is 1. The largest absolute Gasteiger partial charge is 0.377 e. The van der Waals surface area contributed by atoms with Crippen molar-refractivity contribution in [3.05, 3.63) is 57.8 Å². The van der Waals surface area contributed by atoms with Gasteiger partial charge in [-0.3, -0.25) is 0 Å². The number of rotatable bonds is 7. The Morgan fingerprint density at radius 1 is 1.24 bits per heavy atom. The minimum absolute atomic E-state index is 0.299. The molecule has 21 heavy (non-hydrogen) atoms. The number of nitrogens with one attached hydrogen (secondary N) is 1. The molecule has 0 aliphatic carbocycles. The van der Waals surface area contributed by atoms with E-state index in [2.05, 4.69) is 57.4 Å². The Morgan fingerprint density at radius 3 is 2.67 bits per heavy atom. The van der Waals surface area contributed by atoms with E-state index in [-0.39, 0.29) is 0 Å². The fourth-order valence-corrected chi connectivity index (χ4v) is 2.76. The summed E-state index contributed by atoms with van der Waals surface area (Å²) in [7, 11) is 0. The van der Waals surface area contributed by atoms with Crippen LogP contribution in [0.25, 0.3) is 0 Å². The summed E-state index contributed by atoms with van der Waals surface area (Å²) in [5, 5.41) is 4.06. The van der Waals surface area contributed by atoms with Gasteiger partial charge in [0, 0.05) is 0 Å². The number of pyridine rings is 1. The summed E-state index contributed by atoms with van der Waals surface area (Å²) in [6, 6.07) is 12.8. The van der Waals surface area contributed by atoms with Gasteiger partial charge in [-0.2, -0.15) is 0 Å². The monoisotopic (exact) mass is 366 g/mol. The molecule has 1 N–H and O–H groups in total. The van der Waals surface area contributed by atoms with Crippen LogP contribution < -0.4 is 5.32 Å². The van der Waals surface area contributed by atoms with E-state index >= 15 is 0 Å². The van der Waals surface area contributed by atoms with Crippen LogP contribution in [-0.2, 0) is 0 Å². The molecule has 0 bridgehead atoms. The molecule has 4 heteroatoms. The Kier molecular flexibility index (Phi) is 6.52. The van der Waals surface area contributed by atoms with Gasteiger partial charge < -0.3 is 5.32 Å². The number of anilines is 1. The third kappa shape index (κ3) is 5.01. The average molecular weight is 368 g/mol. The van der Waals surface area contributed by atoms with Gasteiger partial charge in [0.25, 0.3) is 0 Å². The van der Waals surface area contributed by atoms with Crippen LogP contribution in [-0.4, -0.2) is 4.98 Å². The molecule has 1 aromatic heterocycles. The highest BCUT2D eigenvalue weighted by molar-refractivity contribution is 9.10. The van der Waals surface area contributed by atoms with E-state index in [9.17, 15) is 0 Å². The molecule has 0 spiro atoms. The SMILES string of the molecule is CCCCCC(Nc1cnc(Cl)c(Br)c1)c1ccccc1. The number of aromatic nitrogens is 1. The van der Waals surface area contributed by atoms with E-state index in [1.54, 1.807) is 6.20 Å². The Labute approximate surface area is 140 Å². The molecule has 0 aliphatic heterocycles. The van der Waals surface area contributed by atoms with Crippen molar-refractivity contribution in [3.8, 4) is 0 Å². The van der Waals surface area contributed by atoms with E-state index < -0.39 is 0 Å². The van der Waals surface area contributed by atoms with E-state index in [1.165, 1.54) is 24.8 Å². The lowest BCUT2D eigenvalue weighted by Gasteiger charge is -2.20. The van der Waals surface area contributed by atoms with Gasteiger partial charge in [0.05, 0.1) is 22.4 Å². The van der Waals surface area contributed by atoms with Gasteiger partial charge in [0.1, 0.15) is 5.15 Å². The Hall–Kier alpha value is -1.06. The van der Waals surface area contributed by atoms with E-state index in [1.807, 2.05) is 12.1 Å². The predicted molar refractivity (Wildman–Crippen MR) is 93.9 cm³/mol. The van der Waals surface area contributed by atoms with Crippen LogP contribution in [0.4, 0.5) is 5.69 Å². The van der Waals surface area contributed by atoms with Crippen LogP contribution >= 0.6 is 27.5 Å². The van der Waals surface area contributed by atoms with Crippen molar-refractivity contribution < 1.29 is 0 Å². The summed E-state index contributed by atoms with van der Waals surface area (Å²) in [4.78, 5) is 4.18. The second-order valence-electron chi connectivity index (χ2n) is 5.10. The van der Waals surface area contributed by atoms with Crippen molar-refractivity contribution in [1.29, 1.82) is 0 Å². The molecule has 2 rings (SSSR count). The topological polar surface area (TPSA) is 24.9 Å². The molecule has 2 nitrogen and oxygen atoms in total. The van der Waals surface area contributed by atoms with E-state index in [4.69, 9.17) is 11.6 Å². The quantitative estimate of drug-likeness (QED) is 0.463. The molecular weight excluding hydrogens is 348 g/mol. The van der Waals surface area contributed by atoms with Crippen molar-refractivity contribution in [2.75, 3.05) is 5.32 Å². The lowest BCUT2D eigenvalue weighted by molar-refractivity contribution is 0.606. The summed E-state index contributed by atoms with van der Waals surface area (Å²) in [6.07, 6.45) is 6.59. The highest BCUT2D eigenvalue weighted by Gasteiger charge is 2.11. The van der Waals surface area contributed by atoms with Crippen molar-refractivity contribution in [3.63, 3.8) is 0 Å². The van der Waals surface area contributed by atoms with Crippen LogP contribution in [0.1, 0.15) is 44.2 Å². The molecular formula is C17H20BrClN2.